The van der Waals surface area contributed by atoms with Crippen LogP contribution in [0.2, 0.25) is 0 Å². The molecule has 0 radical (unpaired) electrons. The van der Waals surface area contributed by atoms with Crippen LogP contribution in [0.1, 0.15) is 29.3 Å². The molecule has 0 aliphatic carbocycles. The van der Waals surface area contributed by atoms with Gasteiger partial charge >= 0.3 is 5.97 Å². The quantitative estimate of drug-likeness (QED) is 0.548. The molecule has 0 saturated heterocycles. The van der Waals surface area contributed by atoms with E-state index in [1.165, 1.54) is 5.56 Å². The molecular formula is C25H25NO4. The first-order chi connectivity index (χ1) is 14.5. The molecule has 154 valence electrons. The highest BCUT2D eigenvalue weighted by Crippen LogP contribution is 2.22. The summed E-state index contributed by atoms with van der Waals surface area (Å²) < 4.78 is 5.13. The molecule has 0 aliphatic heterocycles. The lowest BCUT2D eigenvalue weighted by atomic mass is 10.0. The Bertz CT molecular complexity index is 966. The molecule has 3 aromatic rings. The first-order valence-corrected chi connectivity index (χ1v) is 9.91. The van der Waals surface area contributed by atoms with Gasteiger partial charge in [-0.2, -0.15) is 0 Å². The van der Waals surface area contributed by atoms with Gasteiger partial charge in [-0.05, 0) is 60.7 Å². The van der Waals surface area contributed by atoms with E-state index in [-0.39, 0.29) is 24.3 Å². The lowest BCUT2D eigenvalue weighted by molar-refractivity contribution is -0.124. The molecule has 0 aliphatic rings. The minimum atomic E-state index is -0.542. The van der Waals surface area contributed by atoms with E-state index in [2.05, 4.69) is 17.4 Å². The number of phenolic OH excluding ortho intramolecular Hbond substituents is 1. The fourth-order valence-electron chi connectivity index (χ4n) is 3.08. The number of phenols is 1. The van der Waals surface area contributed by atoms with E-state index in [1.807, 2.05) is 25.1 Å². The molecule has 0 unspecified atom stereocenters. The fourth-order valence-corrected chi connectivity index (χ4v) is 3.08. The lowest BCUT2D eigenvalue weighted by Crippen LogP contribution is -2.36. The monoisotopic (exact) mass is 403 g/mol. The highest BCUT2D eigenvalue weighted by atomic mass is 16.5. The highest BCUT2D eigenvalue weighted by molar-refractivity contribution is 5.91. The zero-order valence-corrected chi connectivity index (χ0v) is 16.9. The second-order valence-corrected chi connectivity index (χ2v) is 7.19. The van der Waals surface area contributed by atoms with E-state index in [4.69, 9.17) is 4.74 Å². The normalized spacial score (nSPS) is 11.5. The van der Waals surface area contributed by atoms with Gasteiger partial charge in [-0.3, -0.25) is 4.79 Å². The number of nitrogens with one attached hydrogen (secondary N) is 1. The average molecular weight is 403 g/mol. The zero-order chi connectivity index (χ0) is 21.3. The van der Waals surface area contributed by atoms with Crippen LogP contribution in [0.4, 0.5) is 0 Å². The largest absolute Gasteiger partial charge is 0.508 e. The van der Waals surface area contributed by atoms with Crippen LogP contribution in [0.3, 0.4) is 0 Å². The van der Waals surface area contributed by atoms with Crippen molar-refractivity contribution in [2.24, 2.45) is 0 Å². The van der Waals surface area contributed by atoms with Gasteiger partial charge in [-0.15, -0.1) is 0 Å². The van der Waals surface area contributed by atoms with Gasteiger partial charge < -0.3 is 15.2 Å². The number of hydrogen-bond donors (Lipinski definition) is 2. The Kier molecular flexibility index (Phi) is 7.22. The minimum absolute atomic E-state index is 0.0130. The number of ether oxygens (including phenoxy) is 1. The highest BCUT2D eigenvalue weighted by Gasteiger charge is 2.12. The molecule has 0 heterocycles. The maximum atomic E-state index is 12.2. The van der Waals surface area contributed by atoms with E-state index >= 15 is 0 Å². The third-order valence-corrected chi connectivity index (χ3v) is 4.77. The summed E-state index contributed by atoms with van der Waals surface area (Å²) in [7, 11) is 0. The van der Waals surface area contributed by atoms with Crippen LogP contribution in [-0.2, 0) is 16.0 Å². The molecule has 3 rings (SSSR count). The van der Waals surface area contributed by atoms with Gasteiger partial charge in [0.25, 0.3) is 5.91 Å². The van der Waals surface area contributed by atoms with Gasteiger partial charge in [0.15, 0.2) is 6.61 Å². The summed E-state index contributed by atoms with van der Waals surface area (Å²) in [6.07, 6.45) is 1.68. The Labute approximate surface area is 176 Å². The predicted molar refractivity (Wildman–Crippen MR) is 116 cm³/mol. The van der Waals surface area contributed by atoms with E-state index in [9.17, 15) is 14.7 Å². The van der Waals surface area contributed by atoms with Crippen LogP contribution in [0.15, 0.2) is 78.9 Å². The molecule has 1 atom stereocenters. The van der Waals surface area contributed by atoms with Crippen LogP contribution in [0.5, 0.6) is 5.75 Å². The number of carbonyl (C=O) groups is 2. The van der Waals surface area contributed by atoms with Crippen molar-refractivity contribution in [2.75, 3.05) is 6.61 Å². The van der Waals surface area contributed by atoms with Crippen molar-refractivity contribution in [2.45, 2.75) is 25.8 Å². The number of carbonyl (C=O) groups excluding carboxylic acids is 2. The maximum Gasteiger partial charge on any atom is 0.338 e. The van der Waals surface area contributed by atoms with Crippen molar-refractivity contribution >= 4 is 11.9 Å². The maximum absolute atomic E-state index is 12.2. The molecule has 1 amide bonds. The number of aromatic hydroxyl groups is 1. The minimum Gasteiger partial charge on any atom is -0.508 e. The van der Waals surface area contributed by atoms with Crippen molar-refractivity contribution in [3.05, 3.63) is 90.0 Å². The number of benzene rings is 3. The summed E-state index contributed by atoms with van der Waals surface area (Å²) in [6, 6.07) is 23.8. The SMILES string of the molecule is C[C@@H](CCc1ccccc1)NC(=O)COC(=O)c1ccc(-c2ccc(O)cc2)cc1. The van der Waals surface area contributed by atoms with Gasteiger partial charge in [0, 0.05) is 6.04 Å². The summed E-state index contributed by atoms with van der Waals surface area (Å²) >= 11 is 0. The Hall–Kier alpha value is -3.60. The van der Waals surface area contributed by atoms with Gasteiger partial charge in [0.1, 0.15) is 5.75 Å². The molecular weight excluding hydrogens is 378 g/mol. The van der Waals surface area contributed by atoms with E-state index in [0.717, 1.165) is 24.0 Å². The molecule has 5 nitrogen and oxygen atoms in total. The smallest absolute Gasteiger partial charge is 0.338 e. The molecule has 30 heavy (non-hydrogen) atoms. The van der Waals surface area contributed by atoms with Gasteiger partial charge in [-0.1, -0.05) is 54.6 Å². The second kappa shape index (κ2) is 10.3. The zero-order valence-electron chi connectivity index (χ0n) is 16.9. The first kappa shape index (κ1) is 21.1. The third kappa shape index (κ3) is 6.21. The third-order valence-electron chi connectivity index (χ3n) is 4.77. The molecule has 3 aromatic carbocycles. The number of esters is 1. The Balaban J connectivity index is 1.44. The number of amides is 1. The summed E-state index contributed by atoms with van der Waals surface area (Å²) in [4.78, 5) is 24.3. The van der Waals surface area contributed by atoms with Crippen LogP contribution in [0, 0.1) is 0 Å². The molecule has 2 N–H and O–H groups in total. The van der Waals surface area contributed by atoms with Crippen molar-refractivity contribution in [1.82, 2.24) is 5.32 Å². The Morgan fingerprint density at radius 1 is 0.900 bits per heavy atom. The van der Waals surface area contributed by atoms with Crippen molar-refractivity contribution in [3.8, 4) is 16.9 Å². The topological polar surface area (TPSA) is 75.6 Å². The van der Waals surface area contributed by atoms with E-state index in [1.54, 1.807) is 48.5 Å². The number of aryl methyl sites for hydroxylation is 1. The number of rotatable bonds is 8. The van der Waals surface area contributed by atoms with E-state index in [0.29, 0.717) is 5.56 Å². The molecule has 0 aromatic heterocycles. The van der Waals surface area contributed by atoms with Crippen molar-refractivity contribution < 1.29 is 19.4 Å². The summed E-state index contributed by atoms with van der Waals surface area (Å²) in [5, 5.41) is 12.2. The molecule has 0 spiro atoms. The second-order valence-electron chi connectivity index (χ2n) is 7.19. The van der Waals surface area contributed by atoms with E-state index < -0.39 is 5.97 Å². The molecule has 5 heteroatoms. The fraction of sp³-hybridized carbons (Fsp3) is 0.200. The number of hydrogen-bond acceptors (Lipinski definition) is 4. The summed E-state index contributed by atoms with van der Waals surface area (Å²) in [6.45, 7) is 1.62. The molecule has 0 bridgehead atoms. The molecule has 0 fully saturated rings. The van der Waals surface area contributed by atoms with Crippen LogP contribution >= 0.6 is 0 Å². The van der Waals surface area contributed by atoms with Crippen LogP contribution < -0.4 is 5.32 Å². The van der Waals surface area contributed by atoms with Crippen molar-refractivity contribution in [3.63, 3.8) is 0 Å². The average Bonchev–Trinajstić information content (AvgIpc) is 2.77. The van der Waals surface area contributed by atoms with Gasteiger partial charge in [0.2, 0.25) is 0 Å². The predicted octanol–water partition coefficient (Wildman–Crippen LogP) is 4.35. The summed E-state index contributed by atoms with van der Waals surface area (Å²) in [5.41, 5.74) is 3.44. The summed E-state index contributed by atoms with van der Waals surface area (Å²) in [5.74, 6) is -0.657. The lowest BCUT2D eigenvalue weighted by Gasteiger charge is -2.14. The Morgan fingerprint density at radius 2 is 1.50 bits per heavy atom. The standard InChI is InChI=1S/C25H25NO4/c1-18(7-8-19-5-3-2-4-6-19)26-24(28)17-30-25(29)22-11-9-20(10-12-22)21-13-15-23(27)16-14-21/h2-6,9-16,18,27H,7-8,17H2,1H3,(H,26,28)/t18-/m0/s1. The van der Waals surface area contributed by atoms with Crippen molar-refractivity contribution in [1.29, 1.82) is 0 Å². The van der Waals surface area contributed by atoms with Gasteiger partial charge in [-0.25, -0.2) is 4.79 Å². The van der Waals surface area contributed by atoms with Crippen LogP contribution in [-0.4, -0.2) is 29.6 Å². The molecule has 0 saturated carbocycles. The first-order valence-electron chi connectivity index (χ1n) is 9.91. The van der Waals surface area contributed by atoms with Gasteiger partial charge in [0.05, 0.1) is 5.56 Å². The van der Waals surface area contributed by atoms with Crippen LogP contribution in [0.25, 0.3) is 11.1 Å². The Morgan fingerprint density at radius 3 is 2.13 bits per heavy atom.